The van der Waals surface area contributed by atoms with E-state index in [0.29, 0.717) is 26.1 Å². The number of aromatic nitrogens is 2. The normalized spacial score (nSPS) is 19.5. The van der Waals surface area contributed by atoms with E-state index in [-0.39, 0.29) is 17.3 Å². The minimum atomic E-state index is -3.77. The van der Waals surface area contributed by atoms with Crippen LogP contribution < -0.4 is 10.5 Å². The molecular weight excluding hydrogens is 272 g/mol. The van der Waals surface area contributed by atoms with Gasteiger partial charge in [-0.25, -0.2) is 13.1 Å². The quantitative estimate of drug-likeness (QED) is 0.642. The summed E-state index contributed by atoms with van der Waals surface area (Å²) in [4.78, 5) is -0.0781. The lowest BCUT2D eigenvalue weighted by Gasteiger charge is -2.31. The van der Waals surface area contributed by atoms with E-state index in [1.807, 2.05) is 0 Å². The van der Waals surface area contributed by atoms with E-state index in [0.717, 1.165) is 0 Å². The molecule has 0 spiro atoms. The summed E-state index contributed by atoms with van der Waals surface area (Å²) in [6.45, 7) is 0.785. The first kappa shape index (κ1) is 14.3. The second kappa shape index (κ2) is 5.08. The van der Waals surface area contributed by atoms with Gasteiger partial charge in [0, 0.05) is 45.8 Å². The molecule has 0 saturated carbocycles. The lowest BCUT2D eigenvalue weighted by molar-refractivity contribution is -0.0588. The number of hydrogen-bond acceptors (Lipinski definition) is 6. The van der Waals surface area contributed by atoms with Crippen molar-refractivity contribution < 1.29 is 18.3 Å². The number of nitrogens with zero attached hydrogens (tertiary/aromatic N) is 2. The number of nitrogens with one attached hydrogen (secondary N) is 1. The third kappa shape index (κ3) is 3.24. The van der Waals surface area contributed by atoms with Gasteiger partial charge < -0.3 is 15.6 Å². The second-order valence-electron chi connectivity index (χ2n) is 4.71. The number of hydrogen-bond donors (Lipinski definition) is 3. The monoisotopic (exact) mass is 290 g/mol. The molecule has 2 rings (SSSR count). The summed E-state index contributed by atoms with van der Waals surface area (Å²) in [5.41, 5.74) is 4.47. The molecule has 0 aliphatic carbocycles. The van der Waals surface area contributed by atoms with Crippen molar-refractivity contribution in [2.24, 2.45) is 7.05 Å². The first-order valence-electron chi connectivity index (χ1n) is 5.91. The predicted molar refractivity (Wildman–Crippen MR) is 67.8 cm³/mol. The first-order chi connectivity index (χ1) is 8.82. The number of sulfonamides is 1. The maximum atomic E-state index is 12.1. The number of rotatable bonds is 4. The summed E-state index contributed by atoms with van der Waals surface area (Å²) in [6, 6.07) is 0. The molecule has 108 valence electrons. The summed E-state index contributed by atoms with van der Waals surface area (Å²) in [5, 5.41) is 14.0. The van der Waals surface area contributed by atoms with Crippen LogP contribution in [0.1, 0.15) is 12.8 Å². The Hall–Kier alpha value is -1.16. The molecule has 1 aliphatic rings. The van der Waals surface area contributed by atoms with E-state index >= 15 is 0 Å². The van der Waals surface area contributed by atoms with Crippen molar-refractivity contribution >= 4 is 15.8 Å². The molecule has 1 aliphatic heterocycles. The van der Waals surface area contributed by atoms with Gasteiger partial charge >= 0.3 is 0 Å². The minimum Gasteiger partial charge on any atom is -0.388 e. The van der Waals surface area contributed by atoms with Crippen LogP contribution in [0.3, 0.4) is 0 Å². The Labute approximate surface area is 111 Å². The Morgan fingerprint density at radius 3 is 2.74 bits per heavy atom. The van der Waals surface area contributed by atoms with Crippen LogP contribution >= 0.6 is 0 Å². The van der Waals surface area contributed by atoms with Gasteiger partial charge in [-0.15, -0.1) is 0 Å². The molecule has 0 aromatic carbocycles. The van der Waals surface area contributed by atoms with Crippen LogP contribution in [-0.4, -0.2) is 48.7 Å². The lowest BCUT2D eigenvalue weighted by Crippen LogP contribution is -2.46. The summed E-state index contributed by atoms with van der Waals surface area (Å²) < 4.78 is 33.0. The van der Waals surface area contributed by atoms with E-state index in [4.69, 9.17) is 10.5 Å². The van der Waals surface area contributed by atoms with Gasteiger partial charge in [-0.3, -0.25) is 4.68 Å². The summed E-state index contributed by atoms with van der Waals surface area (Å²) in [7, 11) is -2.18. The van der Waals surface area contributed by atoms with Crippen LogP contribution in [0.5, 0.6) is 0 Å². The Balaban J connectivity index is 2.07. The van der Waals surface area contributed by atoms with Gasteiger partial charge in [-0.05, 0) is 0 Å². The molecule has 19 heavy (non-hydrogen) atoms. The average Bonchev–Trinajstić information content (AvgIpc) is 2.68. The van der Waals surface area contributed by atoms with Crippen molar-refractivity contribution in [2.45, 2.75) is 23.3 Å². The first-order valence-corrected chi connectivity index (χ1v) is 7.40. The van der Waals surface area contributed by atoms with Gasteiger partial charge in [-0.1, -0.05) is 0 Å². The van der Waals surface area contributed by atoms with Crippen molar-refractivity contribution in [2.75, 3.05) is 25.5 Å². The van der Waals surface area contributed by atoms with Crippen molar-refractivity contribution in [3.63, 3.8) is 0 Å². The summed E-state index contributed by atoms with van der Waals surface area (Å²) in [6.07, 6.45) is 2.13. The molecule has 1 aromatic heterocycles. The van der Waals surface area contributed by atoms with E-state index in [1.165, 1.54) is 10.9 Å². The van der Waals surface area contributed by atoms with E-state index in [1.54, 1.807) is 7.05 Å². The zero-order chi connectivity index (χ0) is 14.1. The zero-order valence-corrected chi connectivity index (χ0v) is 11.5. The van der Waals surface area contributed by atoms with E-state index < -0.39 is 15.6 Å². The van der Waals surface area contributed by atoms with Crippen LogP contribution in [0.15, 0.2) is 11.1 Å². The molecule has 0 amide bonds. The standard InChI is InChI=1S/C10H18N4O4S/c1-14-6-8(9(11)13-14)19(16,17)12-7-10(15)2-4-18-5-3-10/h6,12,15H,2-5,7H2,1H3,(H2,11,13). The smallest absolute Gasteiger partial charge is 0.245 e. The molecule has 0 atom stereocenters. The highest BCUT2D eigenvalue weighted by Crippen LogP contribution is 2.21. The van der Waals surface area contributed by atoms with Crippen molar-refractivity contribution in [3.8, 4) is 0 Å². The summed E-state index contributed by atoms with van der Waals surface area (Å²) in [5.74, 6) is -0.0611. The topological polar surface area (TPSA) is 119 Å². The highest BCUT2D eigenvalue weighted by atomic mass is 32.2. The number of nitrogen functional groups attached to an aromatic ring is 1. The van der Waals surface area contributed by atoms with Crippen molar-refractivity contribution in [1.82, 2.24) is 14.5 Å². The molecular formula is C10H18N4O4S. The Morgan fingerprint density at radius 1 is 1.58 bits per heavy atom. The Kier molecular flexibility index (Phi) is 3.81. The third-order valence-corrected chi connectivity index (χ3v) is 4.54. The third-order valence-electron chi connectivity index (χ3n) is 3.13. The van der Waals surface area contributed by atoms with E-state index in [2.05, 4.69) is 9.82 Å². The summed E-state index contributed by atoms with van der Waals surface area (Å²) >= 11 is 0. The van der Waals surface area contributed by atoms with Crippen LogP contribution in [0.2, 0.25) is 0 Å². The molecule has 2 heterocycles. The SMILES string of the molecule is Cn1cc(S(=O)(=O)NCC2(O)CCOCC2)c(N)n1. The number of ether oxygens (including phenoxy) is 1. The highest BCUT2D eigenvalue weighted by molar-refractivity contribution is 7.89. The van der Waals surface area contributed by atoms with Crippen molar-refractivity contribution in [3.05, 3.63) is 6.20 Å². The number of nitrogens with two attached hydrogens (primary N) is 1. The average molecular weight is 290 g/mol. The molecule has 1 saturated heterocycles. The Morgan fingerprint density at radius 2 is 2.21 bits per heavy atom. The lowest BCUT2D eigenvalue weighted by atomic mass is 9.95. The van der Waals surface area contributed by atoms with Gasteiger partial charge in [0.2, 0.25) is 10.0 Å². The molecule has 9 heteroatoms. The minimum absolute atomic E-state index is 0.0611. The van der Waals surface area contributed by atoms with Gasteiger partial charge in [0.25, 0.3) is 0 Å². The maximum absolute atomic E-state index is 12.1. The fourth-order valence-corrected chi connectivity index (χ4v) is 3.15. The molecule has 0 unspecified atom stereocenters. The zero-order valence-electron chi connectivity index (χ0n) is 10.7. The molecule has 0 bridgehead atoms. The molecule has 4 N–H and O–H groups in total. The van der Waals surface area contributed by atoms with Gasteiger partial charge in [-0.2, -0.15) is 5.10 Å². The molecule has 8 nitrogen and oxygen atoms in total. The second-order valence-corrected chi connectivity index (χ2v) is 6.45. The molecule has 1 aromatic rings. The number of aliphatic hydroxyl groups is 1. The van der Waals surface area contributed by atoms with Crippen LogP contribution in [-0.2, 0) is 21.8 Å². The highest BCUT2D eigenvalue weighted by Gasteiger charge is 2.32. The van der Waals surface area contributed by atoms with Crippen LogP contribution in [0.25, 0.3) is 0 Å². The van der Waals surface area contributed by atoms with Gasteiger partial charge in [0.1, 0.15) is 4.90 Å². The van der Waals surface area contributed by atoms with Gasteiger partial charge in [0.15, 0.2) is 5.82 Å². The van der Waals surface area contributed by atoms with Crippen molar-refractivity contribution in [1.29, 1.82) is 0 Å². The largest absolute Gasteiger partial charge is 0.388 e. The number of aryl methyl sites for hydroxylation is 1. The van der Waals surface area contributed by atoms with Gasteiger partial charge in [0.05, 0.1) is 5.60 Å². The van der Waals surface area contributed by atoms with E-state index in [9.17, 15) is 13.5 Å². The molecule has 1 fully saturated rings. The fraction of sp³-hybridized carbons (Fsp3) is 0.700. The Bertz CT molecular complexity index is 548. The number of anilines is 1. The fourth-order valence-electron chi connectivity index (χ4n) is 1.93. The molecule has 0 radical (unpaired) electrons. The van der Waals surface area contributed by atoms with Crippen LogP contribution in [0.4, 0.5) is 5.82 Å². The predicted octanol–water partition coefficient (Wildman–Crippen LogP) is -1.18. The maximum Gasteiger partial charge on any atom is 0.245 e. The van der Waals surface area contributed by atoms with Crippen LogP contribution in [0, 0.1) is 0 Å².